The van der Waals surface area contributed by atoms with Gasteiger partial charge >= 0.3 is 0 Å². The monoisotopic (exact) mass is 388 g/mol. The van der Waals surface area contributed by atoms with E-state index in [0.29, 0.717) is 6.42 Å². The average Bonchev–Trinajstić information content (AvgIpc) is 3.37. The van der Waals surface area contributed by atoms with Crippen molar-refractivity contribution >= 4 is 11.8 Å². The van der Waals surface area contributed by atoms with E-state index < -0.39 is 0 Å². The molecule has 3 aliphatic heterocycles. The molecule has 0 unspecified atom stereocenters. The van der Waals surface area contributed by atoms with Gasteiger partial charge in [-0.25, -0.2) is 0 Å². The summed E-state index contributed by atoms with van der Waals surface area (Å²) in [6.45, 7) is 6.00. The molecule has 1 aromatic rings. The summed E-state index contributed by atoms with van der Waals surface area (Å²) in [6.07, 6.45) is 9.38. The molecular weight excluding hydrogens is 356 g/mol. The highest BCUT2D eigenvalue weighted by Crippen LogP contribution is 2.40. The van der Waals surface area contributed by atoms with Crippen LogP contribution >= 0.6 is 0 Å². The van der Waals surface area contributed by atoms with Crippen LogP contribution in [0.4, 0.5) is 0 Å². The Kier molecular flexibility index (Phi) is 5.71. The first-order chi connectivity index (χ1) is 13.6. The molecule has 7 heteroatoms. The van der Waals surface area contributed by atoms with Gasteiger partial charge in [-0.1, -0.05) is 13.3 Å². The molecule has 0 bridgehead atoms. The molecule has 0 aliphatic carbocycles. The summed E-state index contributed by atoms with van der Waals surface area (Å²) in [4.78, 5) is 29.4. The summed E-state index contributed by atoms with van der Waals surface area (Å²) in [6, 6.07) is 0. The fourth-order valence-electron chi connectivity index (χ4n) is 5.00. The third-order valence-corrected chi connectivity index (χ3v) is 6.76. The average molecular weight is 389 g/mol. The highest BCUT2D eigenvalue weighted by Gasteiger charge is 2.42. The molecule has 0 saturated carbocycles. The van der Waals surface area contributed by atoms with Crippen molar-refractivity contribution in [2.24, 2.45) is 5.41 Å². The molecule has 4 rings (SSSR count). The number of nitrogens with zero attached hydrogens (tertiary/aromatic N) is 3. The van der Waals surface area contributed by atoms with Crippen LogP contribution in [0.5, 0.6) is 0 Å². The molecule has 1 aromatic heterocycles. The first-order valence-electron chi connectivity index (χ1n) is 10.8. The van der Waals surface area contributed by atoms with E-state index in [4.69, 9.17) is 4.74 Å². The molecule has 4 heterocycles. The van der Waals surface area contributed by atoms with Gasteiger partial charge in [0.15, 0.2) is 0 Å². The van der Waals surface area contributed by atoms with Crippen molar-refractivity contribution in [2.75, 3.05) is 32.8 Å². The number of ether oxygens (including phenoxy) is 1. The fourth-order valence-corrected chi connectivity index (χ4v) is 5.00. The molecule has 154 valence electrons. The number of amides is 2. The molecule has 0 aromatic carbocycles. The van der Waals surface area contributed by atoms with Crippen LogP contribution in [0.1, 0.15) is 67.9 Å². The molecule has 28 heavy (non-hydrogen) atoms. The number of aromatic amines is 1. The molecule has 2 amide bonds. The van der Waals surface area contributed by atoms with Crippen molar-refractivity contribution < 1.29 is 14.3 Å². The van der Waals surface area contributed by atoms with Gasteiger partial charge in [-0.3, -0.25) is 14.7 Å². The number of carbonyl (C=O) groups excluding carboxylic acids is 2. The third kappa shape index (κ3) is 3.95. The number of likely N-dealkylation sites (tertiary alicyclic amines) is 2. The van der Waals surface area contributed by atoms with Crippen molar-refractivity contribution in [1.82, 2.24) is 20.0 Å². The Morgan fingerprint density at radius 1 is 1.36 bits per heavy atom. The van der Waals surface area contributed by atoms with Crippen LogP contribution in [0.25, 0.3) is 0 Å². The van der Waals surface area contributed by atoms with Gasteiger partial charge in [-0.15, -0.1) is 0 Å². The molecule has 0 radical (unpaired) electrons. The Morgan fingerprint density at radius 2 is 2.18 bits per heavy atom. The normalized spacial score (nSPS) is 24.9. The summed E-state index contributed by atoms with van der Waals surface area (Å²) in [5.74, 6) is 0.359. The second-order valence-electron chi connectivity index (χ2n) is 8.71. The van der Waals surface area contributed by atoms with Gasteiger partial charge in [-0.05, 0) is 43.9 Å². The van der Waals surface area contributed by atoms with Crippen LogP contribution < -0.4 is 0 Å². The molecule has 3 fully saturated rings. The summed E-state index contributed by atoms with van der Waals surface area (Å²) >= 11 is 0. The van der Waals surface area contributed by atoms with E-state index in [1.807, 2.05) is 9.80 Å². The number of aryl methyl sites for hydroxylation is 1. The van der Waals surface area contributed by atoms with Crippen molar-refractivity contribution in [3.05, 3.63) is 17.5 Å². The zero-order valence-electron chi connectivity index (χ0n) is 16.9. The van der Waals surface area contributed by atoms with Crippen molar-refractivity contribution in [3.63, 3.8) is 0 Å². The summed E-state index contributed by atoms with van der Waals surface area (Å²) < 4.78 is 5.75. The molecule has 1 N–H and O–H groups in total. The van der Waals surface area contributed by atoms with Gasteiger partial charge in [0, 0.05) is 44.9 Å². The third-order valence-electron chi connectivity index (χ3n) is 6.76. The maximum atomic E-state index is 13.0. The summed E-state index contributed by atoms with van der Waals surface area (Å²) in [7, 11) is 0. The van der Waals surface area contributed by atoms with E-state index >= 15 is 0 Å². The van der Waals surface area contributed by atoms with E-state index in [9.17, 15) is 9.59 Å². The lowest BCUT2D eigenvalue weighted by Crippen LogP contribution is -2.53. The van der Waals surface area contributed by atoms with Crippen LogP contribution in [0, 0.1) is 5.41 Å². The number of hydrogen-bond donors (Lipinski definition) is 1. The summed E-state index contributed by atoms with van der Waals surface area (Å²) in [5, 5.41) is 7.05. The number of aromatic nitrogens is 2. The smallest absolute Gasteiger partial charge is 0.257 e. The minimum Gasteiger partial charge on any atom is -0.376 e. The van der Waals surface area contributed by atoms with E-state index in [2.05, 4.69) is 17.1 Å². The number of nitrogens with one attached hydrogen (secondary N) is 1. The zero-order chi connectivity index (χ0) is 19.6. The quantitative estimate of drug-likeness (QED) is 0.840. The first kappa shape index (κ1) is 19.4. The SMILES string of the molecule is CCCc1[nH]ncc1C(=O)N1CCC2(CCC(=O)N(C[C@H]3CCCO3)C2)CC1. The van der Waals surface area contributed by atoms with Crippen LogP contribution in [-0.2, 0) is 16.0 Å². The Hall–Kier alpha value is -1.89. The van der Waals surface area contributed by atoms with Crippen molar-refractivity contribution in [3.8, 4) is 0 Å². The number of rotatable bonds is 5. The number of carbonyl (C=O) groups is 2. The first-order valence-corrected chi connectivity index (χ1v) is 10.8. The molecular formula is C21H32N4O3. The standard InChI is InChI=1S/C21H32N4O3/c1-2-4-18-17(13-22-23-18)20(27)24-10-8-21(9-11-24)7-6-19(26)25(15-21)14-16-5-3-12-28-16/h13,16H,2-12,14-15H2,1H3,(H,22,23)/t16-/m1/s1. The lowest BCUT2D eigenvalue weighted by Gasteiger charge is -2.47. The fraction of sp³-hybridized carbons (Fsp3) is 0.762. The number of H-pyrrole nitrogens is 1. The van der Waals surface area contributed by atoms with Gasteiger partial charge in [0.2, 0.25) is 5.91 Å². The Balaban J connectivity index is 1.36. The van der Waals surface area contributed by atoms with Crippen LogP contribution in [0.3, 0.4) is 0 Å². The lowest BCUT2D eigenvalue weighted by molar-refractivity contribution is -0.141. The maximum absolute atomic E-state index is 13.0. The van der Waals surface area contributed by atoms with E-state index in [1.165, 1.54) is 0 Å². The molecule has 1 atom stereocenters. The van der Waals surface area contributed by atoms with E-state index in [0.717, 1.165) is 89.0 Å². The highest BCUT2D eigenvalue weighted by atomic mass is 16.5. The molecule has 1 spiro atoms. The zero-order valence-corrected chi connectivity index (χ0v) is 16.9. The van der Waals surface area contributed by atoms with Gasteiger partial charge in [0.25, 0.3) is 5.91 Å². The van der Waals surface area contributed by atoms with Crippen LogP contribution in [-0.4, -0.2) is 70.7 Å². The second kappa shape index (κ2) is 8.23. The van der Waals surface area contributed by atoms with E-state index in [-0.39, 0.29) is 23.3 Å². The number of hydrogen-bond acceptors (Lipinski definition) is 4. The Labute approximate surface area is 166 Å². The highest BCUT2D eigenvalue weighted by molar-refractivity contribution is 5.95. The van der Waals surface area contributed by atoms with Gasteiger partial charge in [-0.2, -0.15) is 5.10 Å². The number of piperidine rings is 2. The van der Waals surface area contributed by atoms with Gasteiger partial charge in [0.1, 0.15) is 0 Å². The lowest BCUT2D eigenvalue weighted by atomic mass is 9.72. The Bertz CT molecular complexity index is 702. The molecule has 3 saturated heterocycles. The topological polar surface area (TPSA) is 78.5 Å². The maximum Gasteiger partial charge on any atom is 0.257 e. The second-order valence-corrected chi connectivity index (χ2v) is 8.71. The van der Waals surface area contributed by atoms with E-state index in [1.54, 1.807) is 6.20 Å². The van der Waals surface area contributed by atoms with Crippen molar-refractivity contribution in [1.29, 1.82) is 0 Å². The van der Waals surface area contributed by atoms with Crippen LogP contribution in [0.2, 0.25) is 0 Å². The summed E-state index contributed by atoms with van der Waals surface area (Å²) in [5.41, 5.74) is 1.82. The minimum absolute atomic E-state index is 0.0927. The van der Waals surface area contributed by atoms with Crippen molar-refractivity contribution in [2.45, 2.75) is 64.4 Å². The molecule has 7 nitrogen and oxygen atoms in total. The van der Waals surface area contributed by atoms with Gasteiger partial charge < -0.3 is 14.5 Å². The van der Waals surface area contributed by atoms with Gasteiger partial charge in [0.05, 0.1) is 17.9 Å². The molecule has 3 aliphatic rings. The predicted molar refractivity (Wildman–Crippen MR) is 105 cm³/mol. The predicted octanol–water partition coefficient (Wildman–Crippen LogP) is 2.39. The Morgan fingerprint density at radius 3 is 2.89 bits per heavy atom. The minimum atomic E-state index is 0.0927. The largest absolute Gasteiger partial charge is 0.376 e. The van der Waals surface area contributed by atoms with Crippen LogP contribution in [0.15, 0.2) is 6.20 Å².